The number of fused-ring (bicyclic) bond motifs is 1. The third-order valence-electron chi connectivity index (χ3n) is 5.15. The van der Waals surface area contributed by atoms with Gasteiger partial charge in [0.1, 0.15) is 11.9 Å². The van der Waals surface area contributed by atoms with Crippen LogP contribution >= 0.6 is 22.6 Å². The van der Waals surface area contributed by atoms with Gasteiger partial charge in [0.2, 0.25) is 0 Å². The van der Waals surface area contributed by atoms with Crippen molar-refractivity contribution in [1.82, 2.24) is 19.7 Å². The minimum absolute atomic E-state index is 0.0436. The zero-order valence-electron chi connectivity index (χ0n) is 17.3. The van der Waals surface area contributed by atoms with Gasteiger partial charge >= 0.3 is 6.09 Å². The summed E-state index contributed by atoms with van der Waals surface area (Å²) in [6.45, 7) is 7.06. The van der Waals surface area contributed by atoms with Gasteiger partial charge in [0, 0.05) is 35.7 Å². The highest BCUT2D eigenvalue weighted by Gasteiger charge is 2.26. The highest BCUT2D eigenvalue weighted by Crippen LogP contribution is 2.29. The summed E-state index contributed by atoms with van der Waals surface area (Å²) < 4.78 is 14.6. The summed E-state index contributed by atoms with van der Waals surface area (Å²) in [7, 11) is 0. The van der Waals surface area contributed by atoms with Crippen molar-refractivity contribution in [3.63, 3.8) is 0 Å². The van der Waals surface area contributed by atoms with Crippen molar-refractivity contribution in [3.8, 4) is 11.4 Å². The van der Waals surface area contributed by atoms with Gasteiger partial charge in [-0.3, -0.25) is 0 Å². The molecule has 1 aliphatic heterocycles. The van der Waals surface area contributed by atoms with E-state index < -0.39 is 0 Å². The normalized spacial score (nSPS) is 15.0. The molecule has 0 aliphatic carbocycles. The first-order valence-electron chi connectivity index (χ1n) is 10.1. The van der Waals surface area contributed by atoms with Gasteiger partial charge < -0.3 is 14.4 Å². The minimum atomic E-state index is -0.246. The number of amides is 1. The summed E-state index contributed by atoms with van der Waals surface area (Å²) in [6.07, 6.45) is 4.79. The molecule has 7 nitrogen and oxygen atoms in total. The fourth-order valence-corrected chi connectivity index (χ4v) is 4.30. The van der Waals surface area contributed by atoms with E-state index in [-0.39, 0.29) is 18.3 Å². The van der Waals surface area contributed by atoms with E-state index in [4.69, 9.17) is 9.47 Å². The lowest BCUT2D eigenvalue weighted by atomic mass is 10.1. The van der Waals surface area contributed by atoms with E-state index in [0.29, 0.717) is 13.1 Å². The van der Waals surface area contributed by atoms with Crippen LogP contribution in [0, 0.1) is 10.5 Å². The quantitative estimate of drug-likeness (QED) is 0.466. The molecule has 0 radical (unpaired) electrons. The van der Waals surface area contributed by atoms with Crippen LogP contribution in [-0.2, 0) is 4.74 Å². The number of carbonyl (C=O) groups is 1. The van der Waals surface area contributed by atoms with Crippen LogP contribution in [0.4, 0.5) is 4.79 Å². The highest BCUT2D eigenvalue weighted by molar-refractivity contribution is 14.1. The highest BCUT2D eigenvalue weighted by atomic mass is 127. The number of likely N-dealkylation sites (tertiary alicyclic amines) is 1. The zero-order chi connectivity index (χ0) is 21.3. The van der Waals surface area contributed by atoms with Gasteiger partial charge in [-0.1, -0.05) is 0 Å². The number of aromatic nitrogens is 3. The molecule has 1 aromatic carbocycles. The van der Waals surface area contributed by atoms with Gasteiger partial charge in [-0.25, -0.2) is 14.5 Å². The van der Waals surface area contributed by atoms with E-state index in [9.17, 15) is 4.79 Å². The predicted octanol–water partition coefficient (Wildman–Crippen LogP) is 4.72. The third-order valence-corrected chi connectivity index (χ3v) is 5.82. The van der Waals surface area contributed by atoms with Crippen LogP contribution < -0.4 is 4.74 Å². The summed E-state index contributed by atoms with van der Waals surface area (Å²) in [5, 5.41) is 5.46. The molecule has 2 aromatic heterocycles. The Hall–Kier alpha value is -2.36. The van der Waals surface area contributed by atoms with E-state index in [1.54, 1.807) is 11.1 Å². The van der Waals surface area contributed by atoms with E-state index in [1.807, 2.05) is 30.8 Å². The number of rotatable bonds is 4. The van der Waals surface area contributed by atoms with Crippen LogP contribution in [0.1, 0.15) is 32.3 Å². The predicted molar refractivity (Wildman–Crippen MR) is 123 cm³/mol. The Morgan fingerprint density at radius 1 is 1.23 bits per heavy atom. The molecule has 1 saturated heterocycles. The minimum Gasteiger partial charge on any atom is -0.489 e. The Morgan fingerprint density at radius 2 is 2.00 bits per heavy atom. The maximum absolute atomic E-state index is 12.1. The van der Waals surface area contributed by atoms with Crippen molar-refractivity contribution in [1.29, 1.82) is 0 Å². The van der Waals surface area contributed by atoms with E-state index >= 15 is 0 Å². The number of halogens is 1. The summed E-state index contributed by atoms with van der Waals surface area (Å²) >= 11 is 2.31. The molecule has 1 aliphatic rings. The second-order valence-electron chi connectivity index (χ2n) is 7.77. The summed E-state index contributed by atoms with van der Waals surface area (Å²) in [5.41, 5.74) is 2.92. The number of carbonyl (C=O) groups excluding carboxylic acids is 1. The molecular formula is C22H25IN4O3. The third kappa shape index (κ3) is 4.38. The van der Waals surface area contributed by atoms with Gasteiger partial charge in [-0.15, -0.1) is 0 Å². The molecule has 0 bridgehead atoms. The van der Waals surface area contributed by atoms with Gasteiger partial charge in [0.05, 0.1) is 23.4 Å². The Labute approximate surface area is 189 Å². The lowest BCUT2D eigenvalue weighted by Gasteiger charge is -2.32. The molecule has 8 heteroatoms. The average molecular weight is 520 g/mol. The lowest BCUT2D eigenvalue weighted by molar-refractivity contribution is 0.0520. The molecule has 158 valence electrons. The Morgan fingerprint density at radius 3 is 2.70 bits per heavy atom. The van der Waals surface area contributed by atoms with Crippen molar-refractivity contribution in [2.24, 2.45) is 0 Å². The molecule has 1 fully saturated rings. The average Bonchev–Trinajstić information content (AvgIpc) is 3.13. The van der Waals surface area contributed by atoms with Crippen LogP contribution in [-0.4, -0.2) is 51.1 Å². The van der Waals surface area contributed by atoms with Crippen molar-refractivity contribution >= 4 is 39.7 Å². The second-order valence-corrected chi connectivity index (χ2v) is 9.02. The molecule has 30 heavy (non-hydrogen) atoms. The van der Waals surface area contributed by atoms with Gasteiger partial charge in [0.25, 0.3) is 0 Å². The molecular weight excluding hydrogens is 495 g/mol. The molecule has 1 amide bonds. The Bertz CT molecular complexity index is 1060. The fraction of sp³-hybridized carbons (Fsp3) is 0.409. The number of benzene rings is 1. The van der Waals surface area contributed by atoms with Crippen LogP contribution in [0.5, 0.6) is 5.75 Å². The number of aryl methyl sites for hydroxylation is 1. The van der Waals surface area contributed by atoms with Gasteiger partial charge in [0.15, 0.2) is 5.65 Å². The van der Waals surface area contributed by atoms with Crippen LogP contribution in [0.3, 0.4) is 0 Å². The smallest absolute Gasteiger partial charge is 0.410 e. The van der Waals surface area contributed by atoms with Crippen LogP contribution in [0.15, 0.2) is 36.7 Å². The number of hydrogen-bond acceptors (Lipinski definition) is 5. The summed E-state index contributed by atoms with van der Waals surface area (Å²) in [4.78, 5) is 18.4. The lowest BCUT2D eigenvalue weighted by Crippen LogP contribution is -2.42. The first-order valence-corrected chi connectivity index (χ1v) is 11.2. The second kappa shape index (κ2) is 8.79. The SMILES string of the molecule is Cc1cc(I)ccc1-n1ncc2c(OC3CCN(C(=O)OC(C)C)CC3)ccnc21. The number of piperidine rings is 1. The molecule has 4 rings (SSSR count). The van der Waals surface area contributed by atoms with Gasteiger partial charge in [-0.2, -0.15) is 5.10 Å². The Kier molecular flexibility index (Phi) is 6.12. The standard InChI is InChI=1S/C22H25IN4O3/c1-14(2)29-22(28)26-10-7-17(8-11-26)30-20-6-9-24-21-18(20)13-25-27(21)19-5-4-16(23)12-15(19)3/h4-6,9,12-14,17H,7-8,10-11H2,1-3H3. The topological polar surface area (TPSA) is 69.5 Å². The maximum Gasteiger partial charge on any atom is 0.410 e. The van der Waals surface area contributed by atoms with E-state index in [2.05, 4.69) is 57.8 Å². The number of nitrogens with zero attached hydrogens (tertiary/aromatic N) is 4. The largest absolute Gasteiger partial charge is 0.489 e. The molecule has 3 heterocycles. The number of ether oxygens (including phenoxy) is 2. The van der Waals surface area contributed by atoms with Crippen molar-refractivity contribution < 1.29 is 14.3 Å². The zero-order valence-corrected chi connectivity index (χ0v) is 19.5. The Balaban J connectivity index is 1.50. The fourth-order valence-electron chi connectivity index (χ4n) is 3.65. The van der Waals surface area contributed by atoms with E-state index in [1.165, 1.54) is 3.57 Å². The molecule has 0 spiro atoms. The van der Waals surface area contributed by atoms with Crippen LogP contribution in [0.25, 0.3) is 16.7 Å². The molecule has 0 atom stereocenters. The number of hydrogen-bond donors (Lipinski definition) is 0. The van der Waals surface area contributed by atoms with E-state index in [0.717, 1.165) is 40.9 Å². The van der Waals surface area contributed by atoms with Crippen LogP contribution in [0.2, 0.25) is 0 Å². The first-order chi connectivity index (χ1) is 14.4. The van der Waals surface area contributed by atoms with Gasteiger partial charge in [-0.05, 0) is 73.2 Å². The first kappa shape index (κ1) is 20.9. The number of pyridine rings is 1. The van der Waals surface area contributed by atoms with Crippen molar-refractivity contribution in [2.75, 3.05) is 13.1 Å². The molecule has 0 saturated carbocycles. The molecule has 0 unspecified atom stereocenters. The maximum atomic E-state index is 12.1. The summed E-state index contributed by atoms with van der Waals surface area (Å²) in [5.74, 6) is 0.776. The molecule has 0 N–H and O–H groups in total. The monoisotopic (exact) mass is 520 g/mol. The summed E-state index contributed by atoms with van der Waals surface area (Å²) in [6, 6.07) is 8.13. The van der Waals surface area contributed by atoms with Crippen molar-refractivity contribution in [3.05, 3.63) is 45.8 Å². The van der Waals surface area contributed by atoms with Crippen molar-refractivity contribution in [2.45, 2.75) is 45.8 Å². The molecule has 3 aromatic rings.